The number of hydrogen-bond acceptors (Lipinski definition) is 13. The van der Waals surface area contributed by atoms with Crippen LogP contribution in [0.5, 0.6) is 0 Å². The van der Waals surface area contributed by atoms with E-state index in [2.05, 4.69) is 153 Å². The molecule has 0 aromatic carbocycles. The molecular formula is C72H117NO13. The van der Waals surface area contributed by atoms with Crippen molar-refractivity contribution in [2.75, 3.05) is 19.8 Å². The zero-order chi connectivity index (χ0) is 62.3. The number of aliphatic hydroxyl groups excluding tert-OH is 8. The van der Waals surface area contributed by atoms with Gasteiger partial charge in [0.15, 0.2) is 12.6 Å². The zero-order valence-corrected chi connectivity index (χ0v) is 52.7. The van der Waals surface area contributed by atoms with Crippen molar-refractivity contribution in [1.82, 2.24) is 5.32 Å². The van der Waals surface area contributed by atoms with Gasteiger partial charge in [-0.25, -0.2) is 0 Å². The highest BCUT2D eigenvalue weighted by Crippen LogP contribution is 2.30. The zero-order valence-electron chi connectivity index (χ0n) is 52.7. The molecule has 14 heteroatoms. The smallest absolute Gasteiger partial charge is 0.220 e. The van der Waals surface area contributed by atoms with E-state index >= 15 is 0 Å². The fourth-order valence-corrected chi connectivity index (χ4v) is 9.73. The summed E-state index contributed by atoms with van der Waals surface area (Å²) in [7, 11) is 0. The summed E-state index contributed by atoms with van der Waals surface area (Å²) < 4.78 is 22.8. The van der Waals surface area contributed by atoms with E-state index in [0.717, 1.165) is 103 Å². The molecule has 14 nitrogen and oxygen atoms in total. The molecule has 86 heavy (non-hydrogen) atoms. The van der Waals surface area contributed by atoms with Gasteiger partial charge in [-0.2, -0.15) is 0 Å². The normalized spacial score (nSPS) is 24.4. The van der Waals surface area contributed by atoms with Gasteiger partial charge in [0.1, 0.15) is 48.8 Å². The summed E-state index contributed by atoms with van der Waals surface area (Å²) in [6, 6.07) is -0.969. The van der Waals surface area contributed by atoms with Crippen molar-refractivity contribution in [2.24, 2.45) is 0 Å². The Morgan fingerprint density at radius 3 is 1.28 bits per heavy atom. The number of unbranched alkanes of at least 4 members (excludes halogenated alkanes) is 16. The van der Waals surface area contributed by atoms with Gasteiger partial charge in [-0.05, 0) is 116 Å². The first-order chi connectivity index (χ1) is 42.1. The Hall–Kier alpha value is -4.13. The molecule has 0 aromatic rings. The highest BCUT2D eigenvalue weighted by molar-refractivity contribution is 5.76. The topological polar surface area (TPSA) is 228 Å². The molecule has 1 amide bonds. The number of ether oxygens (including phenoxy) is 4. The summed E-state index contributed by atoms with van der Waals surface area (Å²) in [6.45, 7) is 2.62. The van der Waals surface area contributed by atoms with Crippen molar-refractivity contribution in [2.45, 2.75) is 280 Å². The van der Waals surface area contributed by atoms with Crippen molar-refractivity contribution in [1.29, 1.82) is 0 Å². The predicted octanol–water partition coefficient (Wildman–Crippen LogP) is 12.9. The molecule has 2 aliphatic heterocycles. The van der Waals surface area contributed by atoms with Crippen LogP contribution in [0.4, 0.5) is 0 Å². The van der Waals surface area contributed by atoms with Crippen LogP contribution in [-0.4, -0.2) is 140 Å². The first-order valence-electron chi connectivity index (χ1n) is 33.1. The first-order valence-corrected chi connectivity index (χ1v) is 33.1. The number of nitrogens with one attached hydrogen (secondary N) is 1. The lowest BCUT2D eigenvalue weighted by atomic mass is 9.97. The van der Waals surface area contributed by atoms with E-state index < -0.39 is 86.8 Å². The lowest BCUT2D eigenvalue weighted by Gasteiger charge is -2.46. The van der Waals surface area contributed by atoms with E-state index in [1.807, 2.05) is 6.08 Å². The van der Waals surface area contributed by atoms with Gasteiger partial charge in [0.2, 0.25) is 5.91 Å². The van der Waals surface area contributed by atoms with E-state index in [1.54, 1.807) is 6.08 Å². The van der Waals surface area contributed by atoms with Gasteiger partial charge in [0.25, 0.3) is 0 Å². The largest absolute Gasteiger partial charge is 0.394 e. The Morgan fingerprint density at radius 1 is 0.430 bits per heavy atom. The van der Waals surface area contributed by atoms with Crippen LogP contribution in [-0.2, 0) is 23.7 Å². The third-order valence-corrected chi connectivity index (χ3v) is 15.0. The van der Waals surface area contributed by atoms with Crippen LogP contribution in [0.15, 0.2) is 146 Å². The van der Waals surface area contributed by atoms with E-state index in [9.17, 15) is 45.6 Å². The minimum atomic E-state index is -1.80. The van der Waals surface area contributed by atoms with Gasteiger partial charge >= 0.3 is 0 Å². The summed E-state index contributed by atoms with van der Waals surface area (Å²) in [5, 5.41) is 87.2. The van der Waals surface area contributed by atoms with Crippen LogP contribution in [0.2, 0.25) is 0 Å². The summed E-state index contributed by atoms with van der Waals surface area (Å²) in [6.07, 6.45) is 66.0. The monoisotopic (exact) mass is 1200 g/mol. The molecule has 0 aliphatic carbocycles. The molecule has 0 aromatic heterocycles. The van der Waals surface area contributed by atoms with Crippen LogP contribution in [0.25, 0.3) is 0 Å². The maximum absolute atomic E-state index is 13.3. The average Bonchev–Trinajstić information content (AvgIpc) is 2.54. The maximum atomic E-state index is 13.3. The molecule has 0 radical (unpaired) electrons. The van der Waals surface area contributed by atoms with Crippen molar-refractivity contribution in [3.63, 3.8) is 0 Å². The molecule has 2 heterocycles. The van der Waals surface area contributed by atoms with Gasteiger partial charge in [-0.3, -0.25) is 4.79 Å². The maximum Gasteiger partial charge on any atom is 0.220 e. The Labute approximate surface area is 519 Å². The molecular weight excluding hydrogens is 1090 g/mol. The number of aliphatic hydroxyl groups is 8. The third-order valence-electron chi connectivity index (χ3n) is 15.0. The lowest BCUT2D eigenvalue weighted by Crippen LogP contribution is -2.65. The predicted molar refractivity (Wildman–Crippen MR) is 350 cm³/mol. The summed E-state index contributed by atoms with van der Waals surface area (Å²) in [4.78, 5) is 13.3. The van der Waals surface area contributed by atoms with Gasteiger partial charge in [0, 0.05) is 6.42 Å². The number of amides is 1. The van der Waals surface area contributed by atoms with Gasteiger partial charge in [-0.1, -0.05) is 230 Å². The third kappa shape index (κ3) is 39.0. The van der Waals surface area contributed by atoms with Crippen LogP contribution < -0.4 is 5.32 Å². The van der Waals surface area contributed by atoms with E-state index in [1.165, 1.54) is 70.6 Å². The lowest BCUT2D eigenvalue weighted by molar-refractivity contribution is -0.359. The highest BCUT2D eigenvalue weighted by Gasteiger charge is 2.51. The van der Waals surface area contributed by atoms with Crippen molar-refractivity contribution in [3.05, 3.63) is 146 Å². The fourth-order valence-electron chi connectivity index (χ4n) is 9.73. The first kappa shape index (κ1) is 78.0. The van der Waals surface area contributed by atoms with Crippen LogP contribution >= 0.6 is 0 Å². The Bertz CT molecular complexity index is 2000. The molecule has 0 bridgehead atoms. The van der Waals surface area contributed by atoms with Crippen molar-refractivity contribution >= 4 is 5.91 Å². The quantitative estimate of drug-likeness (QED) is 0.0204. The molecule has 12 unspecified atom stereocenters. The molecule has 0 spiro atoms. The van der Waals surface area contributed by atoms with Crippen molar-refractivity contribution < 1.29 is 64.6 Å². The van der Waals surface area contributed by atoms with E-state index in [-0.39, 0.29) is 18.9 Å². The molecule has 9 N–H and O–H groups in total. The molecule has 488 valence electrons. The number of carbonyl (C=O) groups is 1. The average molecular weight is 1200 g/mol. The molecule has 2 rings (SSSR count). The van der Waals surface area contributed by atoms with Gasteiger partial charge in [0.05, 0.1) is 32.0 Å². The Morgan fingerprint density at radius 2 is 0.814 bits per heavy atom. The number of rotatable bonds is 51. The van der Waals surface area contributed by atoms with Crippen LogP contribution in [0.1, 0.15) is 206 Å². The van der Waals surface area contributed by atoms with Gasteiger partial charge in [-0.15, -0.1) is 0 Å². The second-order valence-corrected chi connectivity index (χ2v) is 22.5. The summed E-state index contributed by atoms with van der Waals surface area (Å²) >= 11 is 0. The van der Waals surface area contributed by atoms with Crippen LogP contribution in [0, 0.1) is 0 Å². The summed E-state index contributed by atoms with van der Waals surface area (Å²) in [5.74, 6) is -0.291. The highest BCUT2D eigenvalue weighted by atomic mass is 16.7. The summed E-state index contributed by atoms with van der Waals surface area (Å²) in [5.41, 5.74) is 0. The fraction of sp³-hybridized carbons (Fsp3) is 0.653. The SMILES string of the molecule is CC/C=C\C/C=C\C/C=C\C/C=C\C/C=C\C/C=C\C/C=C\C/C=C\C/C=C\CCCCCC(=O)NC(COC1OC(CO)C(OC2OC(CO)C(O)C(O)C2O)C(O)C1O)C(O)/C=C/CC/C=C/CC/C=C/CCCCCCCCCCCCC. The number of carbonyl (C=O) groups excluding carboxylic acids is 1. The molecule has 2 aliphatic rings. The molecule has 2 saturated heterocycles. The Balaban J connectivity index is 1.77. The second-order valence-electron chi connectivity index (χ2n) is 22.5. The van der Waals surface area contributed by atoms with Gasteiger partial charge < -0.3 is 65.1 Å². The second kappa shape index (κ2) is 55.0. The van der Waals surface area contributed by atoms with E-state index in [4.69, 9.17) is 18.9 Å². The Kier molecular flexibility index (Phi) is 49.8. The van der Waals surface area contributed by atoms with E-state index in [0.29, 0.717) is 12.8 Å². The molecule has 0 saturated carbocycles. The minimum Gasteiger partial charge on any atom is -0.394 e. The molecule has 2 fully saturated rings. The standard InChI is InChI=1S/C72H117NO13/c1-3-5-7-9-11-13-15-17-19-21-23-25-26-27-28-29-30-31-32-33-34-36-38-40-42-44-46-48-50-52-54-56-64(77)73-60(61(76)55-53-51-49-47-45-43-41-39-37-35-24-22-20-18-16-14-12-10-8-6-4-2)59-83-71-69(82)67(80)70(63(58-75)85-71)86-72-68(81)66(79)65(78)62(57-74)84-72/h5,7,11,13,17,19,23,25,27-28,30-31,33-34,37-40,44-47,53,55,60-63,65-72,74-76,78-82H,3-4,6,8-10,12,14-16,18,20-22,24,26,29,32,35-36,41-43,48-52,54,56-59H2,1-2H3,(H,73,77)/b7-5-,13-11-,19-17-,25-23-,28-27-,31-30-,34-33-,39-37+,40-38-,46-44-,47-45+,55-53+. The van der Waals surface area contributed by atoms with Crippen molar-refractivity contribution in [3.8, 4) is 0 Å². The minimum absolute atomic E-state index is 0.219. The number of hydrogen-bond donors (Lipinski definition) is 9. The number of allylic oxidation sites excluding steroid dienone is 23. The van der Waals surface area contributed by atoms with Crippen LogP contribution in [0.3, 0.4) is 0 Å². The molecule has 12 atom stereocenters.